The van der Waals surface area contributed by atoms with Crippen LogP contribution in [-0.4, -0.2) is 26.2 Å². The number of hydrogen-bond acceptors (Lipinski definition) is 4. The maximum Gasteiger partial charge on any atom is 0.226 e. The second-order valence-corrected chi connectivity index (χ2v) is 6.62. The van der Waals surface area contributed by atoms with Crippen LogP contribution < -0.4 is 5.32 Å². The van der Waals surface area contributed by atoms with Gasteiger partial charge in [0.2, 0.25) is 5.91 Å². The predicted molar refractivity (Wildman–Crippen MR) is 103 cm³/mol. The Balaban J connectivity index is 1.70. The molecule has 2 aromatic heterocycles. The first kappa shape index (κ1) is 15.6. The number of nitrogens with zero attached hydrogens (tertiary/aromatic N) is 2. The molecular weight excluding hydrogens is 340 g/mol. The molecule has 0 saturated heterocycles. The van der Waals surface area contributed by atoms with Crippen LogP contribution in [0, 0.1) is 0 Å². The molecule has 27 heavy (non-hydrogen) atoms. The van der Waals surface area contributed by atoms with Crippen LogP contribution in [0.25, 0.3) is 22.2 Å². The molecule has 0 fully saturated rings. The van der Waals surface area contributed by atoms with Crippen molar-refractivity contribution in [3.8, 4) is 17.0 Å². The fourth-order valence-corrected chi connectivity index (χ4v) is 3.67. The molecule has 4 aromatic rings. The van der Waals surface area contributed by atoms with Crippen LogP contribution in [0.5, 0.6) is 5.75 Å². The molecule has 3 heterocycles. The minimum Gasteiger partial charge on any atom is -0.506 e. The summed E-state index contributed by atoms with van der Waals surface area (Å²) in [6.07, 6.45) is 0.276. The number of hydrogen-bond donors (Lipinski definition) is 3. The first-order valence-corrected chi connectivity index (χ1v) is 8.73. The van der Waals surface area contributed by atoms with E-state index >= 15 is 0 Å². The summed E-state index contributed by atoms with van der Waals surface area (Å²) in [5.74, 6) is 0.323. The highest BCUT2D eigenvalue weighted by molar-refractivity contribution is 5.96. The number of benzene rings is 2. The second kappa shape index (κ2) is 5.95. The van der Waals surface area contributed by atoms with E-state index in [-0.39, 0.29) is 24.0 Å². The monoisotopic (exact) mass is 356 g/mol. The number of rotatable bonds is 2. The van der Waals surface area contributed by atoms with Crippen LogP contribution in [0.4, 0.5) is 5.82 Å². The molecule has 3 N–H and O–H groups in total. The first-order chi connectivity index (χ1) is 13.2. The quantitative estimate of drug-likeness (QED) is 0.509. The molecule has 0 spiro atoms. The number of aromatic nitrogens is 3. The fourth-order valence-electron chi connectivity index (χ4n) is 3.67. The van der Waals surface area contributed by atoms with Crippen LogP contribution in [0.15, 0.2) is 60.7 Å². The van der Waals surface area contributed by atoms with E-state index in [9.17, 15) is 9.90 Å². The van der Waals surface area contributed by atoms with Gasteiger partial charge in [-0.25, -0.2) is 4.98 Å². The Morgan fingerprint density at radius 1 is 1.00 bits per heavy atom. The van der Waals surface area contributed by atoms with Crippen LogP contribution >= 0.6 is 0 Å². The Morgan fingerprint density at radius 2 is 1.85 bits per heavy atom. The normalized spacial score (nSPS) is 16.1. The maximum atomic E-state index is 12.2. The van der Waals surface area contributed by atoms with Gasteiger partial charge >= 0.3 is 0 Å². The molecule has 132 valence electrons. The van der Waals surface area contributed by atoms with Crippen molar-refractivity contribution in [1.29, 1.82) is 0 Å². The smallest absolute Gasteiger partial charge is 0.226 e. The number of carbonyl (C=O) groups is 1. The van der Waals surface area contributed by atoms with Gasteiger partial charge in [0.05, 0.1) is 5.69 Å². The van der Waals surface area contributed by atoms with Crippen molar-refractivity contribution in [1.82, 2.24) is 15.2 Å². The number of aromatic hydroxyl groups is 1. The van der Waals surface area contributed by atoms with Crippen molar-refractivity contribution < 1.29 is 9.90 Å². The minimum atomic E-state index is -0.244. The van der Waals surface area contributed by atoms with Crippen molar-refractivity contribution in [3.63, 3.8) is 0 Å². The Morgan fingerprint density at radius 3 is 2.70 bits per heavy atom. The average Bonchev–Trinajstić information content (AvgIpc) is 3.12. The number of aromatic amines is 1. The van der Waals surface area contributed by atoms with Crippen LogP contribution in [0.2, 0.25) is 0 Å². The number of phenolic OH excluding ortho intramolecular Hbond substituents is 1. The van der Waals surface area contributed by atoms with Gasteiger partial charge < -0.3 is 10.4 Å². The highest BCUT2D eigenvalue weighted by Crippen LogP contribution is 2.41. The van der Waals surface area contributed by atoms with Crippen molar-refractivity contribution >= 4 is 22.6 Å². The maximum absolute atomic E-state index is 12.2. The van der Waals surface area contributed by atoms with E-state index in [1.165, 1.54) is 0 Å². The van der Waals surface area contributed by atoms with Gasteiger partial charge in [-0.3, -0.25) is 9.89 Å². The lowest BCUT2D eigenvalue weighted by Gasteiger charge is -2.23. The fraction of sp³-hybridized carbons (Fsp3) is 0.0952. The number of amides is 1. The van der Waals surface area contributed by atoms with Crippen molar-refractivity contribution in [2.75, 3.05) is 5.32 Å². The molecule has 0 aliphatic carbocycles. The molecule has 5 rings (SSSR count). The van der Waals surface area contributed by atoms with Gasteiger partial charge in [0.25, 0.3) is 0 Å². The lowest BCUT2D eigenvalue weighted by molar-refractivity contribution is -0.116. The number of pyridine rings is 1. The molecule has 1 amide bonds. The van der Waals surface area contributed by atoms with E-state index in [0.717, 1.165) is 27.9 Å². The Labute approximate surface area is 154 Å². The second-order valence-electron chi connectivity index (χ2n) is 6.62. The number of carbonyl (C=O) groups excluding carboxylic acids is 1. The molecule has 0 saturated carbocycles. The van der Waals surface area contributed by atoms with Gasteiger partial charge in [-0.2, -0.15) is 5.10 Å². The van der Waals surface area contributed by atoms with E-state index in [1.54, 1.807) is 12.1 Å². The van der Waals surface area contributed by atoms with Crippen LogP contribution in [0.1, 0.15) is 23.6 Å². The Kier molecular flexibility index (Phi) is 3.43. The molecular formula is C21H16N4O2. The van der Waals surface area contributed by atoms with E-state index in [1.807, 2.05) is 48.5 Å². The molecule has 1 aliphatic rings. The zero-order valence-corrected chi connectivity index (χ0v) is 14.3. The summed E-state index contributed by atoms with van der Waals surface area (Å²) in [5, 5.41) is 21.2. The summed E-state index contributed by atoms with van der Waals surface area (Å²) in [5.41, 5.74) is 4.06. The summed E-state index contributed by atoms with van der Waals surface area (Å²) in [4.78, 5) is 16.9. The highest BCUT2D eigenvalue weighted by atomic mass is 16.3. The molecule has 0 unspecified atom stereocenters. The molecule has 0 bridgehead atoms. The van der Waals surface area contributed by atoms with E-state index in [2.05, 4.69) is 20.5 Å². The molecule has 1 atom stereocenters. The SMILES string of the molecule is O=C1C[C@@H](c2ccc3cccc(O)c3n2)c2c(n[nH]c2-c2ccccc2)N1. The van der Waals surface area contributed by atoms with Gasteiger partial charge in [0.1, 0.15) is 11.3 Å². The van der Waals surface area contributed by atoms with Gasteiger partial charge in [-0.1, -0.05) is 48.5 Å². The van der Waals surface area contributed by atoms with Gasteiger partial charge in [0.15, 0.2) is 5.82 Å². The van der Waals surface area contributed by atoms with Crippen LogP contribution in [0.3, 0.4) is 0 Å². The number of nitrogens with one attached hydrogen (secondary N) is 2. The number of para-hydroxylation sites is 1. The van der Waals surface area contributed by atoms with E-state index in [0.29, 0.717) is 11.3 Å². The summed E-state index contributed by atoms with van der Waals surface area (Å²) >= 11 is 0. The van der Waals surface area contributed by atoms with Crippen LogP contribution in [-0.2, 0) is 4.79 Å². The molecule has 6 nitrogen and oxygen atoms in total. The summed E-state index contributed by atoms with van der Waals surface area (Å²) in [6.45, 7) is 0. The lowest BCUT2D eigenvalue weighted by atomic mass is 9.87. The zero-order valence-electron chi connectivity index (χ0n) is 14.3. The largest absolute Gasteiger partial charge is 0.506 e. The predicted octanol–water partition coefficient (Wildman–Crippen LogP) is 3.80. The van der Waals surface area contributed by atoms with E-state index < -0.39 is 0 Å². The molecule has 0 radical (unpaired) electrons. The number of anilines is 1. The third-order valence-electron chi connectivity index (χ3n) is 4.94. The van der Waals surface area contributed by atoms with Crippen molar-refractivity contribution in [3.05, 3.63) is 71.9 Å². The highest BCUT2D eigenvalue weighted by Gasteiger charge is 2.33. The number of H-pyrrole nitrogens is 1. The third kappa shape index (κ3) is 2.54. The van der Waals surface area contributed by atoms with Gasteiger partial charge in [-0.05, 0) is 17.7 Å². The Bertz CT molecular complexity index is 1170. The van der Waals surface area contributed by atoms with Crippen molar-refractivity contribution in [2.45, 2.75) is 12.3 Å². The van der Waals surface area contributed by atoms with Gasteiger partial charge in [0, 0.05) is 29.0 Å². The summed E-state index contributed by atoms with van der Waals surface area (Å²) in [6, 6.07) is 19.0. The average molecular weight is 356 g/mol. The lowest BCUT2D eigenvalue weighted by Crippen LogP contribution is -2.24. The Hall–Kier alpha value is -3.67. The van der Waals surface area contributed by atoms with Crippen molar-refractivity contribution in [2.24, 2.45) is 0 Å². The number of phenols is 1. The minimum absolute atomic E-state index is 0.0993. The summed E-state index contributed by atoms with van der Waals surface area (Å²) < 4.78 is 0. The first-order valence-electron chi connectivity index (χ1n) is 8.73. The standard InChI is InChI=1S/C21H16N4O2/c26-16-8-4-7-13-9-10-15(22-19(13)16)14-11-17(27)23-21-18(14)20(24-25-21)12-5-2-1-3-6-12/h1-10,14,26H,11H2,(H2,23,24,25,27)/t14-/m0/s1. The van der Waals surface area contributed by atoms with E-state index in [4.69, 9.17) is 0 Å². The number of fused-ring (bicyclic) bond motifs is 2. The summed E-state index contributed by atoms with van der Waals surface area (Å²) in [7, 11) is 0. The van der Waals surface area contributed by atoms with Gasteiger partial charge in [-0.15, -0.1) is 0 Å². The molecule has 1 aliphatic heterocycles. The molecule has 6 heteroatoms. The molecule has 2 aromatic carbocycles. The topological polar surface area (TPSA) is 90.9 Å². The third-order valence-corrected chi connectivity index (χ3v) is 4.94. The zero-order chi connectivity index (χ0) is 18.4.